The molecule has 1 aliphatic heterocycles. The standard InChI is InChI=1S/C15H20N2O4/c1-11(12-6-3-4-7-13(12)17(20)21)16-9-5-8-15(2,10-16)14(18)19/h3-4,6-7,11H,5,8-10H2,1-2H3,(H,18,19). The molecule has 0 aromatic heterocycles. The first-order valence-corrected chi connectivity index (χ1v) is 7.06. The normalized spacial score (nSPS) is 24.5. The van der Waals surface area contributed by atoms with Gasteiger partial charge in [0, 0.05) is 24.2 Å². The summed E-state index contributed by atoms with van der Waals surface area (Å²) in [7, 11) is 0. The Labute approximate surface area is 123 Å². The molecule has 1 heterocycles. The van der Waals surface area contributed by atoms with Gasteiger partial charge in [0.05, 0.1) is 10.3 Å². The van der Waals surface area contributed by atoms with Crippen molar-refractivity contribution in [1.82, 2.24) is 4.90 Å². The van der Waals surface area contributed by atoms with E-state index >= 15 is 0 Å². The van der Waals surface area contributed by atoms with Crippen LogP contribution < -0.4 is 0 Å². The molecule has 1 aliphatic rings. The van der Waals surface area contributed by atoms with E-state index in [1.165, 1.54) is 6.07 Å². The van der Waals surface area contributed by atoms with Gasteiger partial charge in [-0.25, -0.2) is 0 Å². The molecule has 2 unspecified atom stereocenters. The summed E-state index contributed by atoms with van der Waals surface area (Å²) >= 11 is 0. The number of carboxylic acid groups (broad SMARTS) is 1. The third-order valence-corrected chi connectivity index (χ3v) is 4.37. The van der Waals surface area contributed by atoms with Gasteiger partial charge in [0.1, 0.15) is 0 Å². The van der Waals surface area contributed by atoms with Crippen LogP contribution in [0, 0.1) is 15.5 Å². The third-order valence-electron chi connectivity index (χ3n) is 4.37. The van der Waals surface area contributed by atoms with E-state index in [1.807, 2.05) is 11.8 Å². The van der Waals surface area contributed by atoms with Crippen LogP contribution in [0.4, 0.5) is 5.69 Å². The van der Waals surface area contributed by atoms with Crippen LogP contribution in [0.5, 0.6) is 0 Å². The summed E-state index contributed by atoms with van der Waals surface area (Å²) in [4.78, 5) is 24.2. The van der Waals surface area contributed by atoms with Crippen LogP contribution in [0.1, 0.15) is 38.3 Å². The summed E-state index contributed by atoms with van der Waals surface area (Å²) in [5.41, 5.74) is -0.0551. The van der Waals surface area contributed by atoms with Crippen LogP contribution >= 0.6 is 0 Å². The van der Waals surface area contributed by atoms with Crippen LogP contribution in [0.25, 0.3) is 0 Å². The van der Waals surface area contributed by atoms with E-state index in [1.54, 1.807) is 25.1 Å². The molecular weight excluding hydrogens is 272 g/mol. The predicted octanol–water partition coefficient (Wildman–Crippen LogP) is 2.84. The second kappa shape index (κ2) is 5.81. The quantitative estimate of drug-likeness (QED) is 0.681. The Bertz CT molecular complexity index is 560. The van der Waals surface area contributed by atoms with Crippen molar-refractivity contribution in [1.29, 1.82) is 0 Å². The largest absolute Gasteiger partial charge is 0.481 e. The lowest BCUT2D eigenvalue weighted by atomic mass is 9.81. The first-order valence-electron chi connectivity index (χ1n) is 7.06. The highest BCUT2D eigenvalue weighted by atomic mass is 16.6. The van der Waals surface area contributed by atoms with Crippen molar-refractivity contribution in [3.8, 4) is 0 Å². The van der Waals surface area contributed by atoms with Crippen molar-refractivity contribution < 1.29 is 14.8 Å². The number of nitrogens with zero attached hydrogens (tertiary/aromatic N) is 2. The Hall–Kier alpha value is -1.95. The lowest BCUT2D eigenvalue weighted by Crippen LogP contribution is -2.46. The van der Waals surface area contributed by atoms with Gasteiger partial charge in [-0.15, -0.1) is 0 Å². The number of para-hydroxylation sites is 1. The lowest BCUT2D eigenvalue weighted by Gasteiger charge is -2.40. The summed E-state index contributed by atoms with van der Waals surface area (Å²) in [6.07, 6.45) is 1.43. The van der Waals surface area contributed by atoms with E-state index < -0.39 is 11.4 Å². The van der Waals surface area contributed by atoms with Crippen molar-refractivity contribution in [2.45, 2.75) is 32.7 Å². The van der Waals surface area contributed by atoms with Crippen molar-refractivity contribution in [3.05, 3.63) is 39.9 Å². The zero-order valence-electron chi connectivity index (χ0n) is 12.3. The molecule has 1 fully saturated rings. The van der Waals surface area contributed by atoms with E-state index in [0.29, 0.717) is 18.5 Å². The second-order valence-corrected chi connectivity index (χ2v) is 5.93. The van der Waals surface area contributed by atoms with E-state index in [9.17, 15) is 20.0 Å². The highest BCUT2D eigenvalue weighted by Crippen LogP contribution is 2.36. The van der Waals surface area contributed by atoms with E-state index in [-0.39, 0.29) is 16.7 Å². The molecule has 1 aromatic carbocycles. The zero-order chi connectivity index (χ0) is 15.6. The van der Waals surface area contributed by atoms with Gasteiger partial charge in [0.25, 0.3) is 5.69 Å². The monoisotopic (exact) mass is 292 g/mol. The van der Waals surface area contributed by atoms with Crippen molar-refractivity contribution in [2.24, 2.45) is 5.41 Å². The maximum atomic E-state index is 11.4. The van der Waals surface area contributed by atoms with E-state index in [2.05, 4.69) is 0 Å². The number of piperidine rings is 1. The number of likely N-dealkylation sites (tertiary alicyclic amines) is 1. The molecule has 0 radical (unpaired) electrons. The summed E-state index contributed by atoms with van der Waals surface area (Å²) in [5, 5.41) is 20.5. The fraction of sp³-hybridized carbons (Fsp3) is 0.533. The van der Waals surface area contributed by atoms with E-state index in [4.69, 9.17) is 0 Å². The van der Waals surface area contributed by atoms with Gasteiger partial charge in [-0.1, -0.05) is 18.2 Å². The maximum absolute atomic E-state index is 11.4. The Balaban J connectivity index is 2.26. The molecule has 21 heavy (non-hydrogen) atoms. The highest BCUT2D eigenvalue weighted by Gasteiger charge is 2.40. The molecule has 0 aliphatic carbocycles. The number of nitro benzene ring substituents is 1. The number of carboxylic acids is 1. The van der Waals surface area contributed by atoms with Crippen molar-refractivity contribution in [2.75, 3.05) is 13.1 Å². The number of hydrogen-bond donors (Lipinski definition) is 1. The number of nitro groups is 1. The van der Waals surface area contributed by atoms with Gasteiger partial charge < -0.3 is 5.11 Å². The van der Waals surface area contributed by atoms with Gasteiger partial charge in [-0.2, -0.15) is 0 Å². The van der Waals surface area contributed by atoms with E-state index in [0.717, 1.165) is 13.0 Å². The summed E-state index contributed by atoms with van der Waals surface area (Å²) in [6.45, 7) is 4.81. The van der Waals surface area contributed by atoms with Gasteiger partial charge in [-0.3, -0.25) is 19.8 Å². The van der Waals surface area contributed by atoms with Gasteiger partial charge >= 0.3 is 5.97 Å². The minimum absolute atomic E-state index is 0.0904. The Morgan fingerprint density at radius 2 is 2.14 bits per heavy atom. The zero-order valence-corrected chi connectivity index (χ0v) is 12.3. The van der Waals surface area contributed by atoms with Crippen LogP contribution in [0.3, 0.4) is 0 Å². The van der Waals surface area contributed by atoms with Gasteiger partial charge in [0.15, 0.2) is 0 Å². The van der Waals surface area contributed by atoms with Crippen molar-refractivity contribution in [3.63, 3.8) is 0 Å². The average Bonchev–Trinajstić information content (AvgIpc) is 2.46. The first-order chi connectivity index (χ1) is 9.85. The molecule has 114 valence electrons. The Kier molecular flexibility index (Phi) is 4.27. The van der Waals surface area contributed by atoms with Gasteiger partial charge in [0.2, 0.25) is 0 Å². The number of carbonyl (C=O) groups is 1. The summed E-state index contributed by atoms with van der Waals surface area (Å²) < 4.78 is 0. The lowest BCUT2D eigenvalue weighted by molar-refractivity contribution is -0.386. The Morgan fingerprint density at radius 1 is 1.48 bits per heavy atom. The van der Waals surface area contributed by atoms with Gasteiger partial charge in [-0.05, 0) is 33.2 Å². The van der Waals surface area contributed by atoms with Crippen LogP contribution in [-0.2, 0) is 4.79 Å². The molecule has 0 spiro atoms. The molecule has 1 aromatic rings. The molecule has 1 N–H and O–H groups in total. The number of benzene rings is 1. The predicted molar refractivity (Wildman–Crippen MR) is 78.1 cm³/mol. The van der Waals surface area contributed by atoms with Crippen molar-refractivity contribution >= 4 is 11.7 Å². The molecule has 2 atom stereocenters. The fourth-order valence-electron chi connectivity index (χ4n) is 2.99. The number of rotatable bonds is 4. The smallest absolute Gasteiger partial charge is 0.310 e. The van der Waals surface area contributed by atoms with Crippen LogP contribution in [-0.4, -0.2) is 34.0 Å². The minimum atomic E-state index is -0.804. The molecule has 0 saturated carbocycles. The Morgan fingerprint density at radius 3 is 2.76 bits per heavy atom. The molecule has 0 bridgehead atoms. The van der Waals surface area contributed by atoms with Crippen LogP contribution in [0.15, 0.2) is 24.3 Å². The fourth-order valence-corrected chi connectivity index (χ4v) is 2.99. The molecule has 0 amide bonds. The molecule has 6 heteroatoms. The molecular formula is C15H20N2O4. The third kappa shape index (κ3) is 3.05. The molecule has 2 rings (SSSR count). The van der Waals surface area contributed by atoms with Crippen LogP contribution in [0.2, 0.25) is 0 Å². The SMILES string of the molecule is CC(c1ccccc1[N+](=O)[O-])N1CCCC(C)(C(=O)O)C1. The number of aliphatic carboxylic acids is 1. The maximum Gasteiger partial charge on any atom is 0.310 e. The summed E-state index contributed by atoms with van der Waals surface area (Å²) in [5.74, 6) is -0.804. The topological polar surface area (TPSA) is 83.7 Å². The second-order valence-electron chi connectivity index (χ2n) is 5.93. The highest BCUT2D eigenvalue weighted by molar-refractivity contribution is 5.74. The number of hydrogen-bond acceptors (Lipinski definition) is 4. The minimum Gasteiger partial charge on any atom is -0.481 e. The summed E-state index contributed by atoms with van der Waals surface area (Å²) in [6, 6.07) is 6.48. The molecule has 1 saturated heterocycles. The molecule has 6 nitrogen and oxygen atoms in total. The average molecular weight is 292 g/mol. The first kappa shape index (κ1) is 15.4.